The van der Waals surface area contributed by atoms with Gasteiger partial charge >= 0.3 is 0 Å². The van der Waals surface area contributed by atoms with Gasteiger partial charge in [0.1, 0.15) is 11.9 Å². The highest BCUT2D eigenvalue weighted by Gasteiger charge is 2.21. The molecule has 2 N–H and O–H groups in total. The maximum atomic E-state index is 11.1. The van der Waals surface area contributed by atoms with Crippen molar-refractivity contribution < 1.29 is 19.8 Å². The highest BCUT2D eigenvalue weighted by molar-refractivity contribution is 5.88. The molecule has 0 heterocycles. The Bertz CT molecular complexity index is 202. The third-order valence-electron chi connectivity index (χ3n) is 1.52. The topological polar surface area (TPSA) is 74.6 Å². The van der Waals surface area contributed by atoms with Crippen LogP contribution in [0.15, 0.2) is 0 Å². The van der Waals surface area contributed by atoms with Crippen LogP contribution in [-0.2, 0) is 9.59 Å². The van der Waals surface area contributed by atoms with Gasteiger partial charge in [0.2, 0.25) is 0 Å². The van der Waals surface area contributed by atoms with Crippen LogP contribution in [0.5, 0.6) is 0 Å². The number of rotatable bonds is 5. The Morgan fingerprint density at radius 1 is 1.38 bits per heavy atom. The fraction of sp³-hybridized carbons (Fsp3) is 0.778. The number of carbonyl (C=O) groups is 2. The van der Waals surface area contributed by atoms with Crippen LogP contribution >= 0.6 is 0 Å². The normalized spacial score (nSPS) is 13.9. The zero-order valence-electron chi connectivity index (χ0n) is 8.20. The molecule has 76 valence electrons. The average molecular weight is 188 g/mol. The summed E-state index contributed by atoms with van der Waals surface area (Å²) in [7, 11) is 0. The van der Waals surface area contributed by atoms with Crippen molar-refractivity contribution in [3.63, 3.8) is 0 Å². The first kappa shape index (κ1) is 12.3. The minimum atomic E-state index is -1.23. The number of ketones is 2. The van der Waals surface area contributed by atoms with E-state index >= 15 is 0 Å². The Balaban J connectivity index is 3.96. The minimum absolute atomic E-state index is 0.0443. The van der Waals surface area contributed by atoms with Gasteiger partial charge in [-0.05, 0) is 20.8 Å². The van der Waals surface area contributed by atoms with Crippen LogP contribution < -0.4 is 0 Å². The summed E-state index contributed by atoms with van der Waals surface area (Å²) in [5.41, 5.74) is -1.08. The van der Waals surface area contributed by atoms with E-state index in [1.807, 2.05) is 0 Å². The van der Waals surface area contributed by atoms with Crippen molar-refractivity contribution in [2.45, 2.75) is 45.3 Å². The van der Waals surface area contributed by atoms with Gasteiger partial charge in [0.25, 0.3) is 0 Å². The minimum Gasteiger partial charge on any atom is -0.390 e. The summed E-state index contributed by atoms with van der Waals surface area (Å²) in [5.74, 6) is -0.737. The van der Waals surface area contributed by atoms with E-state index in [0.29, 0.717) is 0 Å². The fourth-order valence-corrected chi connectivity index (χ4v) is 0.914. The van der Waals surface area contributed by atoms with Gasteiger partial charge in [0.15, 0.2) is 5.78 Å². The van der Waals surface area contributed by atoms with Gasteiger partial charge in [-0.3, -0.25) is 9.59 Å². The number of Topliss-reactive ketones (excluding diaryl/α,β-unsaturated/α-hetero) is 2. The molecule has 0 bridgehead atoms. The molecule has 4 heteroatoms. The molecule has 13 heavy (non-hydrogen) atoms. The summed E-state index contributed by atoms with van der Waals surface area (Å²) in [6, 6.07) is 0. The van der Waals surface area contributed by atoms with Crippen molar-refractivity contribution in [2.24, 2.45) is 0 Å². The van der Waals surface area contributed by atoms with Crippen molar-refractivity contribution in [1.29, 1.82) is 0 Å². The molecule has 0 saturated carbocycles. The average Bonchev–Trinajstić information content (AvgIpc) is 1.81. The number of carbonyl (C=O) groups excluding carboxylic acids is 2. The third-order valence-corrected chi connectivity index (χ3v) is 1.52. The molecule has 0 aliphatic rings. The lowest BCUT2D eigenvalue weighted by molar-refractivity contribution is -0.132. The van der Waals surface area contributed by atoms with E-state index in [1.54, 1.807) is 0 Å². The van der Waals surface area contributed by atoms with Crippen LogP contribution in [0.25, 0.3) is 0 Å². The summed E-state index contributed by atoms with van der Waals surface area (Å²) in [6.07, 6.45) is -1.48. The number of hydrogen-bond acceptors (Lipinski definition) is 4. The Hall–Kier alpha value is -0.740. The molecule has 0 aromatic heterocycles. The Morgan fingerprint density at radius 2 is 1.85 bits per heavy atom. The molecule has 0 fully saturated rings. The lowest BCUT2D eigenvalue weighted by atomic mass is 9.98. The maximum absolute atomic E-state index is 11.1. The molecule has 0 aromatic rings. The molecular formula is C9H16O4. The maximum Gasteiger partial charge on any atom is 0.158 e. The molecule has 4 nitrogen and oxygen atoms in total. The molecule has 0 saturated heterocycles. The zero-order valence-corrected chi connectivity index (χ0v) is 8.20. The number of hydrogen-bond donors (Lipinski definition) is 2. The lowest BCUT2D eigenvalue weighted by Gasteiger charge is -2.16. The lowest BCUT2D eigenvalue weighted by Crippen LogP contribution is -2.27. The zero-order chi connectivity index (χ0) is 10.6. The molecule has 0 aliphatic heterocycles. The second-order valence-corrected chi connectivity index (χ2v) is 3.86. The van der Waals surface area contributed by atoms with Crippen LogP contribution in [0, 0.1) is 0 Å². The first-order chi connectivity index (χ1) is 5.72. The van der Waals surface area contributed by atoms with E-state index < -0.39 is 17.5 Å². The number of aliphatic hydroxyl groups is 2. The van der Waals surface area contributed by atoms with Crippen molar-refractivity contribution >= 4 is 11.6 Å². The van der Waals surface area contributed by atoms with Crippen molar-refractivity contribution in [1.82, 2.24) is 0 Å². The molecule has 0 aliphatic carbocycles. The van der Waals surface area contributed by atoms with Crippen molar-refractivity contribution in [3.05, 3.63) is 0 Å². The molecule has 0 amide bonds. The third kappa shape index (κ3) is 6.42. The van der Waals surface area contributed by atoms with E-state index in [1.165, 1.54) is 20.8 Å². The van der Waals surface area contributed by atoms with E-state index in [0.717, 1.165) is 0 Å². The predicted molar refractivity (Wildman–Crippen MR) is 47.2 cm³/mol. The fourth-order valence-electron chi connectivity index (χ4n) is 0.914. The predicted octanol–water partition coefficient (Wildman–Crippen LogP) is 0.0565. The summed E-state index contributed by atoms with van der Waals surface area (Å²) in [4.78, 5) is 21.7. The Labute approximate surface area is 77.6 Å². The Morgan fingerprint density at radius 3 is 2.15 bits per heavy atom. The molecule has 0 aromatic carbocycles. The van der Waals surface area contributed by atoms with Gasteiger partial charge in [-0.15, -0.1) is 0 Å². The number of aliphatic hydroxyl groups excluding tert-OH is 1. The second kappa shape index (κ2) is 4.48. The molecule has 0 radical (unpaired) electrons. The van der Waals surface area contributed by atoms with Crippen LogP contribution in [0.2, 0.25) is 0 Å². The van der Waals surface area contributed by atoms with Crippen LogP contribution in [-0.4, -0.2) is 33.5 Å². The molecule has 1 atom stereocenters. The highest BCUT2D eigenvalue weighted by atomic mass is 16.3. The quantitative estimate of drug-likeness (QED) is 0.639. The molecule has 0 spiro atoms. The van der Waals surface area contributed by atoms with Crippen LogP contribution in [0.4, 0.5) is 0 Å². The van der Waals surface area contributed by atoms with Gasteiger partial charge in [0.05, 0.1) is 5.60 Å². The Kier molecular flexibility index (Phi) is 4.23. The summed E-state index contributed by atoms with van der Waals surface area (Å²) < 4.78 is 0. The van der Waals surface area contributed by atoms with Crippen molar-refractivity contribution in [2.75, 3.05) is 0 Å². The first-order valence-corrected chi connectivity index (χ1v) is 4.15. The van der Waals surface area contributed by atoms with E-state index in [4.69, 9.17) is 5.11 Å². The van der Waals surface area contributed by atoms with E-state index in [2.05, 4.69) is 0 Å². The summed E-state index contributed by atoms with van der Waals surface area (Å²) in [5, 5.41) is 18.3. The second-order valence-electron chi connectivity index (χ2n) is 3.86. The van der Waals surface area contributed by atoms with Gasteiger partial charge < -0.3 is 10.2 Å². The van der Waals surface area contributed by atoms with Gasteiger partial charge in [-0.2, -0.15) is 0 Å². The van der Waals surface area contributed by atoms with E-state index in [9.17, 15) is 14.7 Å². The molecule has 1 unspecified atom stereocenters. The molecule has 0 rings (SSSR count). The standard InChI is InChI=1S/C9H16O4/c1-6(10)8(12)4-7(11)5-9(2,3)13/h8,12-13H,4-5H2,1-3H3. The SMILES string of the molecule is CC(=O)C(O)CC(=O)CC(C)(C)O. The van der Waals surface area contributed by atoms with Gasteiger partial charge in [-0.1, -0.05) is 0 Å². The summed E-state index contributed by atoms with van der Waals surface area (Å²) in [6.45, 7) is 4.23. The van der Waals surface area contributed by atoms with Crippen LogP contribution in [0.1, 0.15) is 33.6 Å². The largest absolute Gasteiger partial charge is 0.390 e. The van der Waals surface area contributed by atoms with Gasteiger partial charge in [0, 0.05) is 12.8 Å². The highest BCUT2D eigenvalue weighted by Crippen LogP contribution is 2.10. The monoisotopic (exact) mass is 188 g/mol. The summed E-state index contributed by atoms with van der Waals surface area (Å²) >= 11 is 0. The first-order valence-electron chi connectivity index (χ1n) is 4.15. The van der Waals surface area contributed by atoms with E-state index in [-0.39, 0.29) is 18.6 Å². The van der Waals surface area contributed by atoms with Gasteiger partial charge in [-0.25, -0.2) is 0 Å². The van der Waals surface area contributed by atoms with Crippen LogP contribution in [0.3, 0.4) is 0 Å². The van der Waals surface area contributed by atoms with Crippen molar-refractivity contribution in [3.8, 4) is 0 Å². The smallest absolute Gasteiger partial charge is 0.158 e. The molecular weight excluding hydrogens is 172 g/mol.